The first-order valence-corrected chi connectivity index (χ1v) is 7.90. The van der Waals surface area contributed by atoms with E-state index in [9.17, 15) is 8.78 Å². The molecule has 7 heteroatoms. The van der Waals surface area contributed by atoms with E-state index in [-0.39, 0.29) is 5.52 Å². The van der Waals surface area contributed by atoms with Crippen molar-refractivity contribution in [3.05, 3.63) is 71.9 Å². The molecule has 0 unspecified atom stereocenters. The average Bonchev–Trinajstić information content (AvgIpc) is 3.05. The molecule has 0 bridgehead atoms. The minimum atomic E-state index is -0.971. The van der Waals surface area contributed by atoms with Gasteiger partial charge in [-0.25, -0.2) is 18.7 Å². The Balaban J connectivity index is 1.53. The molecule has 26 heavy (non-hydrogen) atoms. The third-order valence-electron chi connectivity index (χ3n) is 3.84. The van der Waals surface area contributed by atoms with Gasteiger partial charge >= 0.3 is 0 Å². The van der Waals surface area contributed by atoms with Crippen molar-refractivity contribution in [3.63, 3.8) is 0 Å². The molecule has 0 saturated carbocycles. The highest BCUT2D eigenvalue weighted by atomic mass is 19.2. The predicted octanol–water partition coefficient (Wildman–Crippen LogP) is 5.08. The molecule has 0 spiro atoms. The quantitative estimate of drug-likeness (QED) is 0.538. The Morgan fingerprint density at radius 3 is 2.62 bits per heavy atom. The molecular formula is C19H14F2N4O. The molecule has 0 aliphatic carbocycles. The van der Waals surface area contributed by atoms with Crippen molar-refractivity contribution in [1.29, 1.82) is 0 Å². The second kappa shape index (κ2) is 6.44. The van der Waals surface area contributed by atoms with Crippen LogP contribution in [0.3, 0.4) is 0 Å². The molecule has 2 aromatic carbocycles. The van der Waals surface area contributed by atoms with Gasteiger partial charge in [0.1, 0.15) is 11.3 Å². The van der Waals surface area contributed by atoms with Crippen LogP contribution < -0.4 is 10.1 Å². The zero-order valence-corrected chi connectivity index (χ0v) is 13.8. The highest BCUT2D eigenvalue weighted by Crippen LogP contribution is 2.26. The fourth-order valence-corrected chi connectivity index (χ4v) is 2.51. The van der Waals surface area contributed by atoms with Crippen LogP contribution in [0, 0.1) is 18.6 Å². The van der Waals surface area contributed by atoms with Gasteiger partial charge in [0.2, 0.25) is 11.8 Å². The Morgan fingerprint density at radius 1 is 1.04 bits per heavy atom. The highest BCUT2D eigenvalue weighted by Gasteiger charge is 2.12. The lowest BCUT2D eigenvalue weighted by atomic mass is 10.3. The number of aryl methyl sites for hydroxylation is 1. The number of hydrogen-bond donors (Lipinski definition) is 2. The smallest absolute Gasteiger partial charge is 0.222 e. The average molecular weight is 352 g/mol. The van der Waals surface area contributed by atoms with Gasteiger partial charge < -0.3 is 15.0 Å². The molecule has 2 N–H and O–H groups in total. The number of nitrogens with one attached hydrogen (secondary N) is 2. The zero-order chi connectivity index (χ0) is 18.1. The molecule has 2 heterocycles. The van der Waals surface area contributed by atoms with Crippen LogP contribution in [0.15, 0.2) is 54.7 Å². The second-order valence-electron chi connectivity index (χ2n) is 5.72. The van der Waals surface area contributed by atoms with Crippen molar-refractivity contribution in [3.8, 4) is 11.6 Å². The summed E-state index contributed by atoms with van der Waals surface area (Å²) in [4.78, 5) is 11.1. The van der Waals surface area contributed by atoms with E-state index in [0.717, 1.165) is 17.3 Å². The van der Waals surface area contributed by atoms with Crippen molar-refractivity contribution >= 4 is 22.7 Å². The topological polar surface area (TPSA) is 62.8 Å². The number of ether oxygens (including phenoxy) is 1. The molecule has 2 aromatic heterocycles. The SMILES string of the molecule is Cc1cccnc1Oc1ccc(Nc2nc3c(F)c(F)ccc3[nH]2)cc1. The normalized spacial score (nSPS) is 10.9. The van der Waals surface area contributed by atoms with Crippen LogP contribution in [-0.2, 0) is 0 Å². The number of halogens is 2. The Morgan fingerprint density at radius 2 is 1.85 bits per heavy atom. The number of aromatic nitrogens is 3. The minimum Gasteiger partial charge on any atom is -0.439 e. The monoisotopic (exact) mass is 352 g/mol. The number of anilines is 2. The van der Waals surface area contributed by atoms with Crippen molar-refractivity contribution in [2.45, 2.75) is 6.92 Å². The molecule has 0 atom stereocenters. The van der Waals surface area contributed by atoms with Crippen molar-refractivity contribution in [2.24, 2.45) is 0 Å². The maximum Gasteiger partial charge on any atom is 0.222 e. The van der Waals surface area contributed by atoms with Gasteiger partial charge in [-0.05, 0) is 49.4 Å². The van der Waals surface area contributed by atoms with Gasteiger partial charge in [-0.1, -0.05) is 6.07 Å². The number of aromatic amines is 1. The number of hydrogen-bond acceptors (Lipinski definition) is 4. The number of fused-ring (bicyclic) bond motifs is 1. The lowest BCUT2D eigenvalue weighted by Gasteiger charge is -2.08. The second-order valence-corrected chi connectivity index (χ2v) is 5.72. The van der Waals surface area contributed by atoms with E-state index in [0.29, 0.717) is 23.1 Å². The standard InChI is InChI=1S/C19H14F2N4O/c1-11-3-2-10-22-18(11)26-13-6-4-12(5-7-13)23-19-24-15-9-8-14(20)16(21)17(15)25-19/h2-10H,1H3,(H2,23,24,25). The molecular weight excluding hydrogens is 338 g/mol. The van der Waals surface area contributed by atoms with Gasteiger partial charge in [-0.2, -0.15) is 0 Å². The van der Waals surface area contributed by atoms with Crippen LogP contribution >= 0.6 is 0 Å². The van der Waals surface area contributed by atoms with E-state index >= 15 is 0 Å². The predicted molar refractivity (Wildman–Crippen MR) is 94.8 cm³/mol. The zero-order valence-electron chi connectivity index (χ0n) is 13.8. The Labute approximate surface area is 147 Å². The molecule has 130 valence electrons. The van der Waals surface area contributed by atoms with Crippen molar-refractivity contribution < 1.29 is 13.5 Å². The van der Waals surface area contributed by atoms with E-state index in [1.807, 2.05) is 19.1 Å². The number of rotatable bonds is 4. The summed E-state index contributed by atoms with van der Waals surface area (Å²) in [7, 11) is 0. The number of imidazole rings is 1. The number of nitrogens with zero attached hydrogens (tertiary/aromatic N) is 2. The van der Waals surface area contributed by atoms with E-state index in [1.54, 1.807) is 30.5 Å². The van der Waals surface area contributed by atoms with Gasteiger partial charge in [0.25, 0.3) is 0 Å². The largest absolute Gasteiger partial charge is 0.439 e. The molecule has 0 amide bonds. The van der Waals surface area contributed by atoms with E-state index in [2.05, 4.69) is 20.3 Å². The first-order chi connectivity index (χ1) is 12.6. The summed E-state index contributed by atoms with van der Waals surface area (Å²) >= 11 is 0. The summed E-state index contributed by atoms with van der Waals surface area (Å²) in [5.41, 5.74) is 2.02. The van der Waals surface area contributed by atoms with E-state index in [4.69, 9.17) is 4.74 Å². The Kier molecular flexibility index (Phi) is 3.96. The van der Waals surface area contributed by atoms with Crippen LogP contribution in [-0.4, -0.2) is 15.0 Å². The Hall–Kier alpha value is -3.48. The molecule has 0 radical (unpaired) electrons. The lowest BCUT2D eigenvalue weighted by molar-refractivity contribution is 0.459. The van der Waals surface area contributed by atoms with Crippen LogP contribution in [0.5, 0.6) is 11.6 Å². The fourth-order valence-electron chi connectivity index (χ4n) is 2.51. The third-order valence-corrected chi connectivity index (χ3v) is 3.84. The number of pyridine rings is 1. The molecule has 4 rings (SSSR count). The molecule has 0 aliphatic heterocycles. The van der Waals surface area contributed by atoms with Gasteiger partial charge in [0, 0.05) is 17.4 Å². The van der Waals surface area contributed by atoms with E-state index in [1.165, 1.54) is 6.07 Å². The third kappa shape index (κ3) is 3.06. The number of H-pyrrole nitrogens is 1. The summed E-state index contributed by atoms with van der Waals surface area (Å²) in [5.74, 6) is -0.403. The van der Waals surface area contributed by atoms with Gasteiger partial charge in [0.05, 0.1) is 5.52 Å². The van der Waals surface area contributed by atoms with Crippen LogP contribution in [0.1, 0.15) is 5.56 Å². The lowest BCUT2D eigenvalue weighted by Crippen LogP contribution is -1.93. The highest BCUT2D eigenvalue weighted by molar-refractivity contribution is 5.79. The molecule has 4 aromatic rings. The van der Waals surface area contributed by atoms with E-state index < -0.39 is 11.6 Å². The number of benzene rings is 2. The fraction of sp³-hybridized carbons (Fsp3) is 0.0526. The van der Waals surface area contributed by atoms with Gasteiger partial charge in [-0.3, -0.25) is 0 Å². The minimum absolute atomic E-state index is 0.0434. The van der Waals surface area contributed by atoms with Gasteiger partial charge in [0.15, 0.2) is 11.6 Å². The van der Waals surface area contributed by atoms with Crippen LogP contribution in [0.2, 0.25) is 0 Å². The molecule has 0 fully saturated rings. The first kappa shape index (κ1) is 16.0. The maximum absolute atomic E-state index is 13.7. The van der Waals surface area contributed by atoms with Gasteiger partial charge in [-0.15, -0.1) is 0 Å². The summed E-state index contributed by atoms with van der Waals surface area (Å²) in [5, 5.41) is 3.02. The molecule has 5 nitrogen and oxygen atoms in total. The summed E-state index contributed by atoms with van der Waals surface area (Å²) in [6.45, 7) is 1.92. The first-order valence-electron chi connectivity index (χ1n) is 7.90. The Bertz CT molecular complexity index is 1080. The van der Waals surface area contributed by atoms with Crippen molar-refractivity contribution in [1.82, 2.24) is 15.0 Å². The summed E-state index contributed by atoms with van der Waals surface area (Å²) in [6, 6.07) is 13.4. The maximum atomic E-state index is 13.7. The summed E-state index contributed by atoms with van der Waals surface area (Å²) < 4.78 is 32.7. The molecule has 0 aliphatic rings. The molecule has 0 saturated heterocycles. The summed E-state index contributed by atoms with van der Waals surface area (Å²) in [6.07, 6.45) is 1.67. The van der Waals surface area contributed by atoms with Crippen LogP contribution in [0.4, 0.5) is 20.4 Å². The van der Waals surface area contributed by atoms with Crippen LogP contribution in [0.25, 0.3) is 11.0 Å². The van der Waals surface area contributed by atoms with Crippen molar-refractivity contribution in [2.75, 3.05) is 5.32 Å².